The average molecular weight is 399 g/mol. The van der Waals surface area contributed by atoms with Crippen molar-refractivity contribution in [2.24, 2.45) is 0 Å². The van der Waals surface area contributed by atoms with Crippen LogP contribution < -0.4 is 5.32 Å². The predicted molar refractivity (Wildman–Crippen MR) is 100 cm³/mol. The number of anilines is 1. The first-order valence-electron chi connectivity index (χ1n) is 6.92. The third-order valence-electron chi connectivity index (χ3n) is 3.08. The zero-order valence-corrected chi connectivity index (χ0v) is 15.6. The van der Waals surface area contributed by atoms with E-state index in [0.29, 0.717) is 26.7 Å². The summed E-state index contributed by atoms with van der Waals surface area (Å²) < 4.78 is 0. The molecule has 0 aliphatic heterocycles. The van der Waals surface area contributed by atoms with Crippen LogP contribution in [0.3, 0.4) is 0 Å². The number of H-pyrrole nitrogens is 1. The quantitative estimate of drug-likeness (QED) is 0.595. The molecule has 2 heterocycles. The summed E-state index contributed by atoms with van der Waals surface area (Å²) in [7, 11) is 0. The molecule has 0 fully saturated rings. The summed E-state index contributed by atoms with van der Waals surface area (Å²) in [4.78, 5) is 17.7. The van der Waals surface area contributed by atoms with Gasteiger partial charge in [0.1, 0.15) is 0 Å². The van der Waals surface area contributed by atoms with Crippen molar-refractivity contribution in [2.45, 2.75) is 17.3 Å². The van der Waals surface area contributed by atoms with E-state index < -0.39 is 5.25 Å². The molecule has 0 aliphatic rings. The van der Waals surface area contributed by atoms with Crippen molar-refractivity contribution in [3.8, 4) is 10.7 Å². The lowest BCUT2D eigenvalue weighted by molar-refractivity contribution is -0.115. The first-order chi connectivity index (χ1) is 11.5. The molecule has 1 amide bonds. The zero-order valence-electron chi connectivity index (χ0n) is 12.4. The summed E-state index contributed by atoms with van der Waals surface area (Å²) in [5.41, 5.74) is 0.482. The van der Waals surface area contributed by atoms with Gasteiger partial charge >= 0.3 is 0 Å². The number of amides is 1. The van der Waals surface area contributed by atoms with Gasteiger partial charge in [0.15, 0.2) is 5.82 Å². The molecule has 124 valence electrons. The molecule has 24 heavy (non-hydrogen) atoms. The number of carbonyl (C=O) groups is 1. The summed E-state index contributed by atoms with van der Waals surface area (Å²) in [5.74, 6) is 0.490. The second-order valence-electron chi connectivity index (χ2n) is 4.79. The van der Waals surface area contributed by atoms with Gasteiger partial charge in [-0.2, -0.15) is 0 Å². The Bertz CT molecular complexity index is 851. The second-order valence-corrected chi connectivity index (χ2v) is 7.84. The number of benzene rings is 1. The molecule has 3 rings (SSSR count). The molecule has 0 radical (unpaired) electrons. The van der Waals surface area contributed by atoms with Gasteiger partial charge in [-0.3, -0.25) is 9.89 Å². The summed E-state index contributed by atoms with van der Waals surface area (Å²) in [6.45, 7) is 1.78. The number of rotatable bonds is 5. The molecule has 0 bridgehead atoms. The smallest absolute Gasteiger partial charge is 0.237 e. The molecular formula is C15H12Cl2N4OS2. The molecule has 0 aliphatic carbocycles. The first-order valence-corrected chi connectivity index (χ1v) is 9.44. The molecule has 1 atom stereocenters. The fourth-order valence-corrected chi connectivity index (χ4v) is 3.61. The SMILES string of the molecule is C[C@@H](Sc1n[nH]c(-c2cccs2)n1)C(=O)Nc1cccc(Cl)c1Cl. The van der Waals surface area contributed by atoms with Crippen LogP contribution in [0.15, 0.2) is 40.9 Å². The van der Waals surface area contributed by atoms with Crippen LogP contribution >= 0.6 is 46.3 Å². The minimum Gasteiger partial charge on any atom is -0.324 e. The maximum Gasteiger partial charge on any atom is 0.237 e. The van der Waals surface area contributed by atoms with Crippen molar-refractivity contribution < 1.29 is 4.79 Å². The Morgan fingerprint density at radius 1 is 1.33 bits per heavy atom. The van der Waals surface area contributed by atoms with E-state index in [2.05, 4.69) is 20.5 Å². The molecule has 2 N–H and O–H groups in total. The minimum absolute atomic E-state index is 0.202. The van der Waals surface area contributed by atoms with E-state index >= 15 is 0 Å². The van der Waals surface area contributed by atoms with Crippen molar-refractivity contribution >= 4 is 57.9 Å². The lowest BCUT2D eigenvalue weighted by Gasteiger charge is -2.11. The van der Waals surface area contributed by atoms with Gasteiger partial charge in [-0.15, -0.1) is 16.4 Å². The van der Waals surface area contributed by atoms with E-state index in [1.165, 1.54) is 11.8 Å². The molecule has 0 saturated heterocycles. The van der Waals surface area contributed by atoms with Crippen molar-refractivity contribution in [1.29, 1.82) is 0 Å². The monoisotopic (exact) mass is 398 g/mol. The van der Waals surface area contributed by atoms with Crippen LogP contribution in [-0.2, 0) is 4.79 Å². The van der Waals surface area contributed by atoms with Crippen molar-refractivity contribution in [1.82, 2.24) is 15.2 Å². The fourth-order valence-electron chi connectivity index (χ4n) is 1.87. The van der Waals surface area contributed by atoms with Crippen LogP contribution in [0.1, 0.15) is 6.92 Å². The Morgan fingerprint density at radius 2 is 2.17 bits per heavy atom. The number of carbonyl (C=O) groups excluding carboxylic acids is 1. The van der Waals surface area contributed by atoms with Crippen molar-refractivity contribution in [3.05, 3.63) is 45.8 Å². The predicted octanol–water partition coefficient (Wildman–Crippen LogP) is 4.96. The summed E-state index contributed by atoms with van der Waals surface area (Å²) in [6, 6.07) is 8.99. The number of aromatic amines is 1. The Hall–Kier alpha value is -1.54. The fraction of sp³-hybridized carbons (Fsp3) is 0.133. The molecule has 3 aromatic rings. The van der Waals surface area contributed by atoms with Crippen molar-refractivity contribution in [2.75, 3.05) is 5.32 Å². The number of nitrogens with zero attached hydrogens (tertiary/aromatic N) is 2. The van der Waals surface area contributed by atoms with Gasteiger partial charge in [-0.25, -0.2) is 4.98 Å². The summed E-state index contributed by atoms with van der Waals surface area (Å²) in [6.07, 6.45) is 0. The number of thioether (sulfide) groups is 1. The van der Waals surface area contributed by atoms with Gasteiger partial charge in [0, 0.05) is 0 Å². The number of hydrogen-bond acceptors (Lipinski definition) is 5. The Labute approximate surface area is 156 Å². The third-order valence-corrected chi connectivity index (χ3v) is 5.74. The topological polar surface area (TPSA) is 70.7 Å². The normalized spacial score (nSPS) is 12.1. The van der Waals surface area contributed by atoms with Gasteiger partial charge in [-0.1, -0.05) is 47.1 Å². The Balaban J connectivity index is 1.65. The number of thiophene rings is 1. The highest BCUT2D eigenvalue weighted by molar-refractivity contribution is 8.00. The van der Waals surface area contributed by atoms with Crippen LogP contribution in [0.5, 0.6) is 0 Å². The number of nitrogens with one attached hydrogen (secondary N) is 2. The molecule has 0 spiro atoms. The standard InChI is InChI=1S/C15H12Cl2N4OS2/c1-8(14(22)18-10-5-2-4-9(16)12(10)17)24-15-19-13(20-21-15)11-6-3-7-23-11/h2-8H,1H3,(H,18,22)(H,19,20,21)/t8-/m1/s1. The number of halogens is 2. The van der Waals surface area contributed by atoms with E-state index in [9.17, 15) is 4.79 Å². The highest BCUT2D eigenvalue weighted by Crippen LogP contribution is 2.31. The summed E-state index contributed by atoms with van der Waals surface area (Å²) >= 11 is 14.9. The van der Waals surface area contributed by atoms with E-state index in [4.69, 9.17) is 23.2 Å². The van der Waals surface area contributed by atoms with Crippen LogP contribution in [0.25, 0.3) is 10.7 Å². The van der Waals surface area contributed by atoms with Crippen LogP contribution in [0.4, 0.5) is 5.69 Å². The molecule has 0 saturated carbocycles. The van der Waals surface area contributed by atoms with E-state index in [1.54, 1.807) is 36.5 Å². The van der Waals surface area contributed by atoms with E-state index in [1.807, 2.05) is 17.5 Å². The second kappa shape index (κ2) is 7.57. The highest BCUT2D eigenvalue weighted by Gasteiger charge is 2.19. The van der Waals surface area contributed by atoms with E-state index in [-0.39, 0.29) is 5.91 Å². The molecule has 0 unspecified atom stereocenters. The average Bonchev–Trinajstić information content (AvgIpc) is 3.22. The van der Waals surface area contributed by atoms with Gasteiger partial charge in [0.05, 0.1) is 25.9 Å². The largest absolute Gasteiger partial charge is 0.324 e. The van der Waals surface area contributed by atoms with Gasteiger partial charge in [-0.05, 0) is 30.5 Å². The van der Waals surface area contributed by atoms with Crippen LogP contribution in [0, 0.1) is 0 Å². The lowest BCUT2D eigenvalue weighted by Crippen LogP contribution is -2.22. The molecule has 2 aromatic heterocycles. The Morgan fingerprint density at radius 3 is 2.92 bits per heavy atom. The molecular weight excluding hydrogens is 387 g/mol. The minimum atomic E-state index is -0.396. The molecule has 9 heteroatoms. The summed E-state index contributed by atoms with van der Waals surface area (Å²) in [5, 5.41) is 12.6. The van der Waals surface area contributed by atoms with E-state index in [0.717, 1.165) is 4.88 Å². The Kier molecular flexibility index (Phi) is 5.45. The molecule has 5 nitrogen and oxygen atoms in total. The molecule has 1 aromatic carbocycles. The van der Waals surface area contributed by atoms with Gasteiger partial charge < -0.3 is 5.32 Å². The zero-order chi connectivity index (χ0) is 17.1. The number of hydrogen-bond donors (Lipinski definition) is 2. The highest BCUT2D eigenvalue weighted by atomic mass is 35.5. The van der Waals surface area contributed by atoms with Crippen LogP contribution in [0.2, 0.25) is 10.0 Å². The van der Waals surface area contributed by atoms with Gasteiger partial charge in [0.2, 0.25) is 11.1 Å². The first kappa shape index (κ1) is 17.3. The number of aromatic nitrogens is 3. The maximum absolute atomic E-state index is 12.3. The van der Waals surface area contributed by atoms with Gasteiger partial charge in [0.25, 0.3) is 0 Å². The lowest BCUT2D eigenvalue weighted by atomic mass is 10.3. The third kappa shape index (κ3) is 3.92. The maximum atomic E-state index is 12.3. The van der Waals surface area contributed by atoms with Crippen molar-refractivity contribution in [3.63, 3.8) is 0 Å². The van der Waals surface area contributed by atoms with Crippen LogP contribution in [-0.4, -0.2) is 26.3 Å².